The Balaban J connectivity index is 1.59. The minimum Gasteiger partial charge on any atom is -0.374 e. The van der Waals surface area contributed by atoms with E-state index >= 15 is 0 Å². The number of fused-ring (bicyclic) bond motifs is 1. The SMILES string of the molecule is Nc1nnc(CN2CCC3NC(=O)CCC3C2)s1. The number of nitrogens with one attached hydrogen (secondary N) is 1. The number of amides is 1. The van der Waals surface area contributed by atoms with Crippen LogP contribution in [-0.2, 0) is 11.3 Å². The number of rotatable bonds is 2. The summed E-state index contributed by atoms with van der Waals surface area (Å²) in [4.78, 5) is 13.7. The second-order valence-corrected chi connectivity index (χ2v) is 6.12. The number of nitrogen functional groups attached to an aromatic ring is 1. The predicted molar refractivity (Wildman–Crippen MR) is 68.9 cm³/mol. The van der Waals surface area contributed by atoms with Crippen LogP contribution in [0.4, 0.5) is 5.13 Å². The molecule has 1 aromatic rings. The van der Waals surface area contributed by atoms with Gasteiger partial charge in [0.25, 0.3) is 0 Å². The second-order valence-electron chi connectivity index (χ2n) is 5.03. The molecular formula is C11H17N5OS. The van der Waals surface area contributed by atoms with Crippen molar-refractivity contribution in [2.75, 3.05) is 18.8 Å². The summed E-state index contributed by atoms with van der Waals surface area (Å²) in [6.45, 7) is 2.86. The molecule has 3 rings (SSSR count). The van der Waals surface area contributed by atoms with E-state index in [1.807, 2.05) is 0 Å². The third-order valence-corrected chi connectivity index (χ3v) is 4.49. The molecule has 0 bridgehead atoms. The summed E-state index contributed by atoms with van der Waals surface area (Å²) < 4.78 is 0. The number of carbonyl (C=O) groups excluding carboxylic acids is 1. The van der Waals surface area contributed by atoms with Gasteiger partial charge in [0.2, 0.25) is 11.0 Å². The highest BCUT2D eigenvalue weighted by Gasteiger charge is 2.33. The average Bonchev–Trinajstić information content (AvgIpc) is 2.75. The molecule has 18 heavy (non-hydrogen) atoms. The molecule has 2 aliphatic rings. The monoisotopic (exact) mass is 267 g/mol. The smallest absolute Gasteiger partial charge is 0.220 e. The molecule has 0 aliphatic carbocycles. The van der Waals surface area contributed by atoms with Crippen molar-refractivity contribution in [3.63, 3.8) is 0 Å². The molecule has 6 nitrogen and oxygen atoms in total. The van der Waals surface area contributed by atoms with E-state index in [1.54, 1.807) is 0 Å². The van der Waals surface area contributed by atoms with Crippen LogP contribution in [0.2, 0.25) is 0 Å². The summed E-state index contributed by atoms with van der Waals surface area (Å²) in [6.07, 6.45) is 2.71. The molecule has 0 aromatic carbocycles. The van der Waals surface area contributed by atoms with E-state index in [0.29, 0.717) is 23.5 Å². The molecular weight excluding hydrogens is 250 g/mol. The molecule has 2 fully saturated rings. The number of likely N-dealkylation sites (tertiary alicyclic amines) is 1. The lowest BCUT2D eigenvalue weighted by atomic mass is 9.85. The van der Waals surface area contributed by atoms with Gasteiger partial charge in [-0.05, 0) is 18.8 Å². The van der Waals surface area contributed by atoms with Crippen LogP contribution in [0.1, 0.15) is 24.3 Å². The third kappa shape index (κ3) is 2.46. The lowest BCUT2D eigenvalue weighted by Crippen LogP contribution is -2.53. The maximum absolute atomic E-state index is 11.3. The Hall–Kier alpha value is -1.21. The highest BCUT2D eigenvalue weighted by Crippen LogP contribution is 2.26. The van der Waals surface area contributed by atoms with E-state index < -0.39 is 0 Å². The zero-order chi connectivity index (χ0) is 12.5. The quantitative estimate of drug-likeness (QED) is 0.801. The lowest BCUT2D eigenvalue weighted by Gasteiger charge is -2.41. The summed E-state index contributed by atoms with van der Waals surface area (Å²) in [5.74, 6) is 0.795. The van der Waals surface area contributed by atoms with E-state index in [9.17, 15) is 4.79 Å². The van der Waals surface area contributed by atoms with E-state index in [4.69, 9.17) is 5.73 Å². The van der Waals surface area contributed by atoms with Gasteiger partial charge in [-0.25, -0.2) is 0 Å². The maximum Gasteiger partial charge on any atom is 0.220 e. The van der Waals surface area contributed by atoms with Crippen molar-refractivity contribution < 1.29 is 4.79 Å². The number of nitrogens with two attached hydrogens (primary N) is 1. The van der Waals surface area contributed by atoms with Crippen LogP contribution in [0.3, 0.4) is 0 Å². The topological polar surface area (TPSA) is 84.1 Å². The van der Waals surface area contributed by atoms with Crippen LogP contribution in [0.5, 0.6) is 0 Å². The van der Waals surface area contributed by atoms with Crippen LogP contribution >= 0.6 is 11.3 Å². The number of hydrogen-bond acceptors (Lipinski definition) is 6. The fourth-order valence-corrected chi connectivity index (χ4v) is 3.50. The fourth-order valence-electron chi connectivity index (χ4n) is 2.85. The lowest BCUT2D eigenvalue weighted by molar-refractivity contribution is -0.125. The number of anilines is 1. The fraction of sp³-hybridized carbons (Fsp3) is 0.727. The minimum absolute atomic E-state index is 0.210. The van der Waals surface area contributed by atoms with Gasteiger partial charge in [0.1, 0.15) is 5.01 Å². The highest BCUT2D eigenvalue weighted by molar-refractivity contribution is 7.15. The standard InChI is InChI=1S/C11H17N5OS/c12-11-15-14-10(18-11)6-16-4-3-8-7(5-16)1-2-9(17)13-8/h7-8H,1-6H2,(H2,12,15)(H,13,17). The highest BCUT2D eigenvalue weighted by atomic mass is 32.1. The first kappa shape index (κ1) is 11.9. The van der Waals surface area contributed by atoms with Crippen molar-refractivity contribution in [3.05, 3.63) is 5.01 Å². The Morgan fingerprint density at radius 1 is 1.44 bits per heavy atom. The molecule has 2 atom stereocenters. The van der Waals surface area contributed by atoms with Crippen LogP contribution in [0, 0.1) is 5.92 Å². The van der Waals surface area contributed by atoms with E-state index in [0.717, 1.165) is 37.5 Å². The molecule has 0 radical (unpaired) electrons. The molecule has 0 spiro atoms. The Labute approximate surface area is 110 Å². The van der Waals surface area contributed by atoms with Crippen molar-refractivity contribution in [2.24, 2.45) is 5.92 Å². The largest absolute Gasteiger partial charge is 0.374 e. The van der Waals surface area contributed by atoms with Crippen LogP contribution in [-0.4, -0.2) is 40.1 Å². The number of aromatic nitrogens is 2. The molecule has 1 amide bonds. The molecule has 0 saturated carbocycles. The molecule has 3 N–H and O–H groups in total. The molecule has 1 aromatic heterocycles. The third-order valence-electron chi connectivity index (χ3n) is 3.75. The number of nitrogens with zero attached hydrogens (tertiary/aromatic N) is 3. The van der Waals surface area contributed by atoms with Gasteiger partial charge in [0.05, 0.1) is 6.54 Å². The summed E-state index contributed by atoms with van der Waals surface area (Å²) in [7, 11) is 0. The minimum atomic E-state index is 0.210. The molecule has 2 unspecified atom stereocenters. The van der Waals surface area contributed by atoms with Gasteiger partial charge in [-0.2, -0.15) is 0 Å². The molecule has 3 heterocycles. The zero-order valence-electron chi connectivity index (χ0n) is 10.1. The van der Waals surface area contributed by atoms with Crippen molar-refractivity contribution in [3.8, 4) is 0 Å². The summed E-state index contributed by atoms with van der Waals surface area (Å²) >= 11 is 1.46. The zero-order valence-corrected chi connectivity index (χ0v) is 10.9. The molecule has 2 saturated heterocycles. The van der Waals surface area contributed by atoms with E-state index in [2.05, 4.69) is 20.4 Å². The summed E-state index contributed by atoms with van der Waals surface area (Å²) in [6, 6.07) is 0.377. The van der Waals surface area contributed by atoms with Crippen molar-refractivity contribution in [1.82, 2.24) is 20.4 Å². The molecule has 2 aliphatic heterocycles. The summed E-state index contributed by atoms with van der Waals surface area (Å²) in [5, 5.41) is 12.5. The van der Waals surface area contributed by atoms with Crippen molar-refractivity contribution in [2.45, 2.75) is 31.8 Å². The van der Waals surface area contributed by atoms with Gasteiger partial charge < -0.3 is 11.1 Å². The first-order valence-electron chi connectivity index (χ1n) is 6.30. The maximum atomic E-state index is 11.3. The van der Waals surface area contributed by atoms with Gasteiger partial charge in [0.15, 0.2) is 0 Å². The average molecular weight is 267 g/mol. The number of carbonyl (C=O) groups is 1. The van der Waals surface area contributed by atoms with Gasteiger partial charge >= 0.3 is 0 Å². The van der Waals surface area contributed by atoms with Gasteiger partial charge in [-0.3, -0.25) is 9.69 Å². The van der Waals surface area contributed by atoms with E-state index in [1.165, 1.54) is 11.3 Å². The molecule has 7 heteroatoms. The molecule has 98 valence electrons. The van der Waals surface area contributed by atoms with Gasteiger partial charge in [0, 0.05) is 25.6 Å². The Kier molecular flexibility index (Phi) is 3.17. The normalized spacial score (nSPS) is 28.8. The van der Waals surface area contributed by atoms with Crippen LogP contribution in [0.15, 0.2) is 0 Å². The first-order chi connectivity index (χ1) is 8.70. The van der Waals surface area contributed by atoms with Gasteiger partial charge in [-0.15, -0.1) is 10.2 Å². The first-order valence-corrected chi connectivity index (χ1v) is 7.12. The van der Waals surface area contributed by atoms with Crippen molar-refractivity contribution in [1.29, 1.82) is 0 Å². The van der Waals surface area contributed by atoms with Crippen LogP contribution < -0.4 is 11.1 Å². The van der Waals surface area contributed by atoms with E-state index in [-0.39, 0.29) is 5.91 Å². The van der Waals surface area contributed by atoms with Gasteiger partial charge in [-0.1, -0.05) is 11.3 Å². The summed E-state index contributed by atoms with van der Waals surface area (Å²) in [5.41, 5.74) is 5.58. The Morgan fingerprint density at radius 2 is 2.33 bits per heavy atom. The Morgan fingerprint density at radius 3 is 3.11 bits per heavy atom. The van der Waals surface area contributed by atoms with Crippen molar-refractivity contribution >= 4 is 22.4 Å². The number of piperidine rings is 2. The second kappa shape index (κ2) is 4.81. The Bertz CT molecular complexity index is 448. The van der Waals surface area contributed by atoms with Crippen LogP contribution in [0.25, 0.3) is 0 Å². The number of hydrogen-bond donors (Lipinski definition) is 2. The predicted octanol–water partition coefficient (Wildman–Crippen LogP) is 0.221.